The maximum Gasteiger partial charge on any atom is 0.123 e. The summed E-state index contributed by atoms with van der Waals surface area (Å²) in [5.41, 5.74) is 1.01. The van der Waals surface area contributed by atoms with Gasteiger partial charge >= 0.3 is 0 Å². The van der Waals surface area contributed by atoms with Crippen LogP contribution in [0.5, 0.6) is 0 Å². The van der Waals surface area contributed by atoms with Crippen LogP contribution in [-0.4, -0.2) is 0 Å². The van der Waals surface area contributed by atoms with E-state index in [-0.39, 0.29) is 11.7 Å². The molecule has 12 heavy (non-hydrogen) atoms. The van der Waals surface area contributed by atoms with Crippen molar-refractivity contribution in [2.45, 2.75) is 19.3 Å². The lowest BCUT2D eigenvalue weighted by Gasteiger charge is -2.05. The molecule has 1 aromatic rings. The minimum atomic E-state index is -0.233. The summed E-state index contributed by atoms with van der Waals surface area (Å²) in [5, 5.41) is 8.43. The molecule has 0 spiro atoms. The fraction of sp³-hybridized carbons (Fsp3) is 0.300. The first-order valence-electron chi connectivity index (χ1n) is 3.86. The number of benzene rings is 1. The third-order valence-electron chi connectivity index (χ3n) is 1.84. The highest BCUT2D eigenvalue weighted by molar-refractivity contribution is 5.20. The molecule has 0 heterocycles. The molecule has 62 valence electrons. The van der Waals surface area contributed by atoms with E-state index in [9.17, 15) is 4.39 Å². The Balaban J connectivity index is 2.76. The van der Waals surface area contributed by atoms with E-state index in [0.717, 1.165) is 5.56 Å². The second kappa shape index (κ2) is 3.87. The highest BCUT2D eigenvalue weighted by Gasteiger charge is 2.03. The number of halogens is 1. The third kappa shape index (κ3) is 2.06. The standard InChI is InChI=1S/C10H10FN/c1-8(6-7-12)9-2-4-10(11)5-3-9/h2-5,8H,6H2,1H3/t8-/m0/s1. The van der Waals surface area contributed by atoms with Gasteiger partial charge in [-0.15, -0.1) is 0 Å². The lowest BCUT2D eigenvalue weighted by molar-refractivity contribution is 0.625. The second-order valence-electron chi connectivity index (χ2n) is 2.81. The predicted octanol–water partition coefficient (Wildman–Crippen LogP) is 2.84. The summed E-state index contributed by atoms with van der Waals surface area (Å²) in [4.78, 5) is 0. The fourth-order valence-electron chi connectivity index (χ4n) is 1.05. The molecule has 0 amide bonds. The number of nitrogens with zero attached hydrogens (tertiary/aromatic N) is 1. The molecular formula is C10H10FN. The quantitative estimate of drug-likeness (QED) is 0.657. The molecule has 1 rings (SSSR count). The van der Waals surface area contributed by atoms with Crippen LogP contribution >= 0.6 is 0 Å². The Kier molecular flexibility index (Phi) is 2.82. The normalized spacial score (nSPS) is 12.1. The smallest absolute Gasteiger partial charge is 0.123 e. The van der Waals surface area contributed by atoms with E-state index >= 15 is 0 Å². The molecule has 0 radical (unpaired) electrons. The van der Waals surface area contributed by atoms with Crippen molar-refractivity contribution in [1.29, 1.82) is 5.26 Å². The SMILES string of the molecule is C[C@@H](CC#N)c1ccc(F)cc1. The maximum absolute atomic E-state index is 12.5. The molecule has 0 aromatic heterocycles. The number of hydrogen-bond acceptors (Lipinski definition) is 1. The zero-order valence-electron chi connectivity index (χ0n) is 6.92. The van der Waals surface area contributed by atoms with Crippen LogP contribution in [0.4, 0.5) is 4.39 Å². The lowest BCUT2D eigenvalue weighted by atomic mass is 9.99. The van der Waals surface area contributed by atoms with Gasteiger partial charge in [-0.1, -0.05) is 19.1 Å². The van der Waals surface area contributed by atoms with E-state index in [2.05, 4.69) is 6.07 Å². The van der Waals surface area contributed by atoms with Gasteiger partial charge in [0, 0.05) is 6.42 Å². The molecule has 1 nitrogen and oxygen atoms in total. The van der Waals surface area contributed by atoms with Crippen molar-refractivity contribution in [2.75, 3.05) is 0 Å². The van der Waals surface area contributed by atoms with E-state index in [0.29, 0.717) is 6.42 Å². The molecule has 1 aromatic carbocycles. The van der Waals surface area contributed by atoms with Gasteiger partial charge < -0.3 is 0 Å². The summed E-state index contributed by atoms with van der Waals surface area (Å²) in [6.07, 6.45) is 0.478. The van der Waals surface area contributed by atoms with E-state index in [1.807, 2.05) is 6.92 Å². The van der Waals surface area contributed by atoms with Crippen LogP contribution in [0.1, 0.15) is 24.8 Å². The number of rotatable bonds is 2. The van der Waals surface area contributed by atoms with Crippen LogP contribution in [0.2, 0.25) is 0 Å². The molecule has 0 aliphatic heterocycles. The zero-order chi connectivity index (χ0) is 8.97. The third-order valence-corrected chi connectivity index (χ3v) is 1.84. The minimum Gasteiger partial charge on any atom is -0.207 e. The average molecular weight is 163 g/mol. The summed E-state index contributed by atoms with van der Waals surface area (Å²) in [6, 6.07) is 8.37. The topological polar surface area (TPSA) is 23.8 Å². The summed E-state index contributed by atoms with van der Waals surface area (Å²) in [7, 11) is 0. The van der Waals surface area contributed by atoms with Gasteiger partial charge in [-0.25, -0.2) is 4.39 Å². The first-order valence-corrected chi connectivity index (χ1v) is 3.86. The van der Waals surface area contributed by atoms with Gasteiger partial charge in [0.15, 0.2) is 0 Å². The molecular weight excluding hydrogens is 153 g/mol. The van der Waals surface area contributed by atoms with Crippen molar-refractivity contribution in [3.05, 3.63) is 35.6 Å². The van der Waals surface area contributed by atoms with Crippen LogP contribution in [0.3, 0.4) is 0 Å². The molecule has 1 atom stereocenters. The van der Waals surface area contributed by atoms with Crippen molar-refractivity contribution in [1.82, 2.24) is 0 Å². The largest absolute Gasteiger partial charge is 0.207 e. The van der Waals surface area contributed by atoms with Crippen LogP contribution < -0.4 is 0 Å². The maximum atomic E-state index is 12.5. The molecule has 0 fully saturated rings. The van der Waals surface area contributed by atoms with Crippen LogP contribution in [0.15, 0.2) is 24.3 Å². The molecule has 0 N–H and O–H groups in total. The van der Waals surface area contributed by atoms with Crippen molar-refractivity contribution in [3.8, 4) is 6.07 Å². The molecule has 0 saturated heterocycles. The van der Waals surface area contributed by atoms with Crippen molar-refractivity contribution in [2.24, 2.45) is 0 Å². The highest BCUT2D eigenvalue weighted by Crippen LogP contribution is 2.18. The lowest BCUT2D eigenvalue weighted by Crippen LogP contribution is -1.91. The van der Waals surface area contributed by atoms with Crippen LogP contribution in [-0.2, 0) is 0 Å². The van der Waals surface area contributed by atoms with E-state index in [1.54, 1.807) is 12.1 Å². The van der Waals surface area contributed by atoms with Crippen LogP contribution in [0.25, 0.3) is 0 Å². The molecule has 0 aliphatic rings. The monoisotopic (exact) mass is 163 g/mol. The van der Waals surface area contributed by atoms with Gasteiger partial charge in [-0.2, -0.15) is 5.26 Å². The molecule has 2 heteroatoms. The number of nitriles is 1. The Morgan fingerprint density at radius 1 is 1.42 bits per heavy atom. The summed E-state index contributed by atoms with van der Waals surface area (Å²) >= 11 is 0. The Bertz CT molecular complexity index is 284. The first kappa shape index (κ1) is 8.73. The predicted molar refractivity (Wildman–Crippen MR) is 45.0 cm³/mol. The van der Waals surface area contributed by atoms with E-state index < -0.39 is 0 Å². The average Bonchev–Trinajstić information content (AvgIpc) is 2.06. The van der Waals surface area contributed by atoms with Crippen molar-refractivity contribution < 1.29 is 4.39 Å². The second-order valence-corrected chi connectivity index (χ2v) is 2.81. The zero-order valence-corrected chi connectivity index (χ0v) is 6.92. The molecule has 0 unspecified atom stereocenters. The summed E-state index contributed by atoms with van der Waals surface area (Å²) in [6.45, 7) is 1.95. The van der Waals surface area contributed by atoms with Gasteiger partial charge in [0.25, 0.3) is 0 Å². The summed E-state index contributed by atoms with van der Waals surface area (Å²) < 4.78 is 12.5. The Hall–Kier alpha value is -1.36. The van der Waals surface area contributed by atoms with Crippen molar-refractivity contribution >= 4 is 0 Å². The molecule has 0 saturated carbocycles. The molecule has 0 aliphatic carbocycles. The number of hydrogen-bond donors (Lipinski definition) is 0. The van der Waals surface area contributed by atoms with Crippen molar-refractivity contribution in [3.63, 3.8) is 0 Å². The highest BCUT2D eigenvalue weighted by atomic mass is 19.1. The van der Waals surface area contributed by atoms with Gasteiger partial charge in [0.05, 0.1) is 6.07 Å². The molecule has 0 bridgehead atoms. The van der Waals surface area contributed by atoms with Crippen LogP contribution in [0, 0.1) is 17.1 Å². The minimum absolute atomic E-state index is 0.190. The Labute approximate surface area is 71.4 Å². The fourth-order valence-corrected chi connectivity index (χ4v) is 1.05. The Morgan fingerprint density at radius 3 is 2.50 bits per heavy atom. The van der Waals surface area contributed by atoms with Gasteiger partial charge in [-0.05, 0) is 23.6 Å². The van der Waals surface area contributed by atoms with E-state index in [4.69, 9.17) is 5.26 Å². The van der Waals surface area contributed by atoms with Gasteiger partial charge in [-0.3, -0.25) is 0 Å². The van der Waals surface area contributed by atoms with Gasteiger partial charge in [0.2, 0.25) is 0 Å². The Morgan fingerprint density at radius 2 is 2.00 bits per heavy atom. The summed E-state index contributed by atoms with van der Waals surface area (Å²) in [5.74, 6) is -0.0430. The first-order chi connectivity index (χ1) is 5.74. The van der Waals surface area contributed by atoms with E-state index in [1.165, 1.54) is 12.1 Å². The van der Waals surface area contributed by atoms with Gasteiger partial charge in [0.1, 0.15) is 5.82 Å².